The molecule has 0 radical (unpaired) electrons. The highest BCUT2D eigenvalue weighted by Crippen LogP contribution is 2.09. The van der Waals surface area contributed by atoms with Crippen molar-refractivity contribution in [3.8, 4) is 0 Å². The number of hydrogen-bond donors (Lipinski definition) is 0. The molecule has 0 saturated heterocycles. The average Bonchev–Trinajstić information content (AvgIpc) is 2.63. The number of halogens is 4. The number of ether oxygens (including phenoxy) is 1. The van der Waals surface area contributed by atoms with Crippen LogP contribution in [-0.2, 0) is 22.5 Å². The maximum Gasteiger partial charge on any atom is 0.673 e. The fraction of sp³-hybridized carbons (Fsp3) is 0.619. The lowest BCUT2D eigenvalue weighted by molar-refractivity contribution is -0.697. The third-order valence-corrected chi connectivity index (χ3v) is 4.13. The summed E-state index contributed by atoms with van der Waals surface area (Å²) in [6.45, 7) is 9.13. The van der Waals surface area contributed by atoms with E-state index in [1.54, 1.807) is 6.92 Å². The van der Waals surface area contributed by atoms with Crippen molar-refractivity contribution in [1.82, 2.24) is 0 Å². The fourth-order valence-corrected chi connectivity index (χ4v) is 2.63. The van der Waals surface area contributed by atoms with Crippen molar-refractivity contribution in [2.75, 3.05) is 6.61 Å². The zero-order valence-corrected chi connectivity index (χ0v) is 17.6. The number of carbonyl (C=O) groups is 1. The van der Waals surface area contributed by atoms with E-state index >= 15 is 0 Å². The van der Waals surface area contributed by atoms with Gasteiger partial charge in [-0.2, -0.15) is 0 Å². The number of nitrogens with zero attached hydrogens (tertiary/aromatic N) is 1. The average molecular weight is 419 g/mol. The van der Waals surface area contributed by atoms with Gasteiger partial charge in [0.15, 0.2) is 12.4 Å². The Morgan fingerprint density at radius 3 is 2.24 bits per heavy atom. The van der Waals surface area contributed by atoms with Crippen molar-refractivity contribution in [2.24, 2.45) is 0 Å². The number of pyridine rings is 1. The van der Waals surface area contributed by atoms with Gasteiger partial charge in [-0.15, -0.1) is 0 Å². The predicted molar refractivity (Wildman–Crippen MR) is 109 cm³/mol. The van der Waals surface area contributed by atoms with Gasteiger partial charge in [-0.25, -0.2) is 9.36 Å². The molecule has 0 bridgehead atoms. The highest BCUT2D eigenvalue weighted by Gasteiger charge is 2.20. The third-order valence-electron chi connectivity index (χ3n) is 4.13. The van der Waals surface area contributed by atoms with E-state index in [4.69, 9.17) is 4.74 Å². The summed E-state index contributed by atoms with van der Waals surface area (Å²) in [6, 6.07) is 4.40. The van der Waals surface area contributed by atoms with Gasteiger partial charge >= 0.3 is 13.2 Å². The number of esters is 1. The molecule has 1 aromatic rings. The first-order valence-corrected chi connectivity index (χ1v) is 10.3. The molecule has 3 nitrogen and oxygen atoms in total. The number of carbonyl (C=O) groups excluding carboxylic acids is 1. The van der Waals surface area contributed by atoms with Crippen LogP contribution in [0.15, 0.2) is 36.7 Å². The van der Waals surface area contributed by atoms with Crippen LogP contribution in [-0.4, -0.2) is 19.8 Å². The molecular formula is C21H34BF4NO2. The van der Waals surface area contributed by atoms with Crippen molar-refractivity contribution >= 4 is 13.2 Å². The summed E-state index contributed by atoms with van der Waals surface area (Å²) in [5.41, 5.74) is 1.92. The number of unbranched alkanes of at least 4 members (excludes halogenated alkanes) is 6. The molecule has 0 aliphatic heterocycles. The highest BCUT2D eigenvalue weighted by molar-refractivity contribution is 6.50. The van der Waals surface area contributed by atoms with Gasteiger partial charge in [-0.1, -0.05) is 45.6 Å². The second-order valence-corrected chi connectivity index (χ2v) is 7.09. The third kappa shape index (κ3) is 19.2. The van der Waals surface area contributed by atoms with Gasteiger partial charge in [0.05, 0.1) is 6.61 Å². The van der Waals surface area contributed by atoms with E-state index in [9.17, 15) is 22.1 Å². The fourth-order valence-electron chi connectivity index (χ4n) is 2.63. The van der Waals surface area contributed by atoms with Crippen molar-refractivity contribution in [2.45, 2.75) is 78.2 Å². The monoisotopic (exact) mass is 419 g/mol. The van der Waals surface area contributed by atoms with Crippen molar-refractivity contribution in [3.05, 3.63) is 42.2 Å². The zero-order chi connectivity index (χ0) is 22.1. The van der Waals surface area contributed by atoms with Crippen LogP contribution in [0.5, 0.6) is 0 Å². The Hall–Kier alpha value is -1.86. The van der Waals surface area contributed by atoms with Gasteiger partial charge in [0.2, 0.25) is 0 Å². The van der Waals surface area contributed by atoms with Gasteiger partial charge in [-0.05, 0) is 32.3 Å². The van der Waals surface area contributed by atoms with Gasteiger partial charge in [0.25, 0.3) is 0 Å². The molecule has 1 heterocycles. The van der Waals surface area contributed by atoms with E-state index in [2.05, 4.69) is 42.6 Å². The number of aryl methyl sites for hydroxylation is 2. The zero-order valence-electron chi connectivity index (χ0n) is 17.6. The minimum absolute atomic E-state index is 0.269. The Bertz CT molecular complexity index is 588. The molecule has 166 valence electrons. The minimum Gasteiger partial charge on any atom is -0.462 e. The van der Waals surface area contributed by atoms with E-state index in [0.717, 1.165) is 19.4 Å². The summed E-state index contributed by atoms with van der Waals surface area (Å²) >= 11 is 0. The summed E-state index contributed by atoms with van der Waals surface area (Å²) in [4.78, 5) is 11.2. The summed E-state index contributed by atoms with van der Waals surface area (Å²) < 4.78 is 46.4. The Labute approximate surface area is 172 Å². The lowest BCUT2D eigenvalue weighted by Crippen LogP contribution is -2.33. The summed E-state index contributed by atoms with van der Waals surface area (Å²) in [5, 5.41) is 0. The normalized spacial score (nSPS) is 10.8. The maximum absolute atomic E-state index is 11.2. The van der Waals surface area contributed by atoms with Gasteiger partial charge in [-0.3, -0.25) is 0 Å². The molecule has 0 spiro atoms. The first-order valence-electron chi connectivity index (χ1n) is 10.3. The molecule has 0 aliphatic carbocycles. The van der Waals surface area contributed by atoms with Gasteiger partial charge in [0, 0.05) is 23.6 Å². The second-order valence-electron chi connectivity index (χ2n) is 7.09. The Morgan fingerprint density at radius 1 is 1.07 bits per heavy atom. The van der Waals surface area contributed by atoms with E-state index in [1.165, 1.54) is 50.5 Å². The highest BCUT2D eigenvalue weighted by atomic mass is 19.5. The number of rotatable bonds is 13. The van der Waals surface area contributed by atoms with Crippen LogP contribution >= 0.6 is 0 Å². The first-order chi connectivity index (χ1) is 13.6. The topological polar surface area (TPSA) is 30.2 Å². The molecule has 29 heavy (non-hydrogen) atoms. The SMILES string of the molecule is C=C(C)C(=O)OCCCCCCCCc1ccc[n+](CCCC)c1.F[B-](F)(F)F. The molecule has 1 aromatic heterocycles. The lowest BCUT2D eigenvalue weighted by atomic mass is 10.1. The van der Waals surface area contributed by atoms with Crippen LogP contribution < -0.4 is 4.57 Å². The molecule has 0 atom stereocenters. The first kappa shape index (κ1) is 27.1. The van der Waals surface area contributed by atoms with E-state index in [-0.39, 0.29) is 5.97 Å². The van der Waals surface area contributed by atoms with Gasteiger partial charge in [0.1, 0.15) is 6.54 Å². The van der Waals surface area contributed by atoms with Crippen LogP contribution in [0.25, 0.3) is 0 Å². The molecule has 8 heteroatoms. The smallest absolute Gasteiger partial charge is 0.462 e. The molecule has 0 unspecified atom stereocenters. The van der Waals surface area contributed by atoms with Gasteiger partial charge < -0.3 is 22.0 Å². The quantitative estimate of drug-likeness (QED) is 0.0969. The molecule has 0 fully saturated rings. The number of aromatic nitrogens is 1. The molecule has 1 rings (SSSR count). The van der Waals surface area contributed by atoms with Crippen LogP contribution in [0.4, 0.5) is 17.3 Å². The predicted octanol–water partition coefficient (Wildman–Crippen LogP) is 6.08. The molecular weight excluding hydrogens is 385 g/mol. The Balaban J connectivity index is 0.00000139. The van der Waals surface area contributed by atoms with Crippen LogP contribution in [0.2, 0.25) is 0 Å². The van der Waals surface area contributed by atoms with Crippen LogP contribution in [0.1, 0.15) is 70.8 Å². The molecule has 0 aromatic carbocycles. The summed E-state index contributed by atoms with van der Waals surface area (Å²) in [7, 11) is -6.00. The minimum atomic E-state index is -6.00. The van der Waals surface area contributed by atoms with E-state index in [1.807, 2.05) is 0 Å². The number of hydrogen-bond acceptors (Lipinski definition) is 2. The molecule has 0 saturated carbocycles. The standard InChI is InChI=1S/C21H34NO2.BF4/c1-4-5-15-22-16-12-14-20(18-22)13-10-8-6-7-9-11-17-24-21(23)19(2)3;2-1(3,4)5/h12,14,16,18H,2,4-11,13,15,17H2,1,3H3;/q+1;-1. The van der Waals surface area contributed by atoms with Crippen molar-refractivity contribution in [3.63, 3.8) is 0 Å². The lowest BCUT2D eigenvalue weighted by Gasteiger charge is -2.04. The molecule has 0 N–H and O–H groups in total. The second kappa shape index (κ2) is 16.0. The summed E-state index contributed by atoms with van der Waals surface area (Å²) in [6.07, 6.45) is 15.2. The maximum atomic E-state index is 11.2. The summed E-state index contributed by atoms with van der Waals surface area (Å²) in [5.74, 6) is -0.269. The van der Waals surface area contributed by atoms with Crippen molar-refractivity contribution < 1.29 is 31.4 Å². The van der Waals surface area contributed by atoms with Crippen LogP contribution in [0.3, 0.4) is 0 Å². The van der Waals surface area contributed by atoms with Crippen LogP contribution in [0, 0.1) is 0 Å². The molecule has 0 amide bonds. The molecule has 0 aliphatic rings. The van der Waals surface area contributed by atoms with E-state index < -0.39 is 7.25 Å². The van der Waals surface area contributed by atoms with E-state index in [0.29, 0.717) is 12.2 Å². The van der Waals surface area contributed by atoms with Crippen molar-refractivity contribution in [1.29, 1.82) is 0 Å². The Kier molecular flexibility index (Phi) is 15.0. The largest absolute Gasteiger partial charge is 0.673 e. The Morgan fingerprint density at radius 2 is 1.66 bits per heavy atom.